The van der Waals surface area contributed by atoms with Gasteiger partial charge in [-0.3, -0.25) is 9.59 Å². The molecule has 1 aliphatic rings. The van der Waals surface area contributed by atoms with Crippen LogP contribution in [0.3, 0.4) is 0 Å². The number of hydrogen-bond acceptors (Lipinski definition) is 3. The number of aromatic nitrogens is 2. The molecule has 0 saturated heterocycles. The normalized spacial score (nSPS) is 14.5. The molecule has 5 rings (SSSR count). The molecule has 2 heterocycles. The zero-order chi connectivity index (χ0) is 27.6. The number of H-pyrrole nitrogens is 1. The first-order chi connectivity index (χ1) is 17.8. The molecule has 1 aliphatic carbocycles. The lowest BCUT2D eigenvalue weighted by atomic mass is 10.0. The van der Waals surface area contributed by atoms with Gasteiger partial charge < -0.3 is 19.6 Å². The molecule has 0 bridgehead atoms. The minimum Gasteiger partial charge on any atom is -0.457 e. The van der Waals surface area contributed by atoms with Crippen molar-refractivity contribution in [2.24, 2.45) is 7.05 Å². The number of alkyl halides is 3. The average molecular weight is 544 g/mol. The molecule has 38 heavy (non-hydrogen) atoms. The summed E-state index contributed by atoms with van der Waals surface area (Å²) in [7, 11) is 1.57. The Morgan fingerprint density at radius 2 is 1.74 bits per heavy atom. The second-order valence-corrected chi connectivity index (χ2v) is 10.4. The number of hydrogen-bond donors (Lipinski definition) is 2. The molecule has 0 unspecified atom stereocenters. The molecule has 10 heteroatoms. The van der Waals surface area contributed by atoms with Gasteiger partial charge in [0.05, 0.1) is 0 Å². The van der Waals surface area contributed by atoms with Gasteiger partial charge in [0.25, 0.3) is 11.5 Å². The van der Waals surface area contributed by atoms with Crippen LogP contribution in [0, 0.1) is 20.8 Å². The summed E-state index contributed by atoms with van der Waals surface area (Å²) in [6.07, 6.45) is -3.26. The number of amides is 1. The number of fused-ring (bicyclic) bond motifs is 1. The van der Waals surface area contributed by atoms with E-state index in [-0.39, 0.29) is 24.1 Å². The predicted molar refractivity (Wildman–Crippen MR) is 140 cm³/mol. The molecule has 2 N–H and O–H groups in total. The quantitative estimate of drug-likeness (QED) is 0.293. The molecule has 0 atom stereocenters. The first kappa shape index (κ1) is 25.9. The number of carbonyl (C=O) groups excluding carboxylic acids is 1. The van der Waals surface area contributed by atoms with E-state index < -0.39 is 23.2 Å². The van der Waals surface area contributed by atoms with Gasteiger partial charge in [-0.15, -0.1) is 0 Å². The monoisotopic (exact) mass is 543 g/mol. The van der Waals surface area contributed by atoms with Crippen LogP contribution in [0.15, 0.2) is 47.4 Å². The van der Waals surface area contributed by atoms with E-state index in [1.165, 1.54) is 10.6 Å². The zero-order valence-corrected chi connectivity index (χ0v) is 21.9. The summed E-state index contributed by atoms with van der Waals surface area (Å²) < 4.78 is 47.8. The maximum atomic E-state index is 13.4. The van der Waals surface area contributed by atoms with Crippen molar-refractivity contribution in [2.75, 3.05) is 0 Å². The Bertz CT molecular complexity index is 1640. The maximum Gasteiger partial charge on any atom is 0.411 e. The van der Waals surface area contributed by atoms with E-state index in [0.29, 0.717) is 33.0 Å². The number of carbonyl (C=O) groups is 1. The minimum absolute atomic E-state index is 0.114. The maximum absolute atomic E-state index is 13.4. The molecule has 1 saturated carbocycles. The number of halogens is 4. The Hall–Kier alpha value is -3.72. The fourth-order valence-corrected chi connectivity index (χ4v) is 5.04. The Morgan fingerprint density at radius 1 is 1.08 bits per heavy atom. The van der Waals surface area contributed by atoms with Gasteiger partial charge in [-0.1, -0.05) is 17.7 Å². The van der Waals surface area contributed by atoms with Crippen molar-refractivity contribution in [3.8, 4) is 22.6 Å². The Balaban J connectivity index is 1.57. The van der Waals surface area contributed by atoms with E-state index in [1.54, 1.807) is 13.2 Å². The summed E-state index contributed by atoms with van der Waals surface area (Å²) >= 11 is 6.15. The number of rotatable bonds is 5. The Labute approximate surface area is 221 Å². The van der Waals surface area contributed by atoms with Gasteiger partial charge in [0.15, 0.2) is 0 Å². The first-order valence-corrected chi connectivity index (χ1v) is 12.3. The molecule has 198 valence electrons. The SMILES string of the molecule is Cc1cc(Oc2c(C)cc(Cl)cc2C)cc(-c2cn(C)c(=O)c3[nH]c(C(=O)NC4(C(F)(F)F)CC4)cc23)c1. The highest BCUT2D eigenvalue weighted by molar-refractivity contribution is 6.30. The summed E-state index contributed by atoms with van der Waals surface area (Å²) in [5, 5.41) is 3.14. The van der Waals surface area contributed by atoms with Crippen LogP contribution in [0.1, 0.15) is 40.0 Å². The number of nitrogens with zero attached hydrogens (tertiary/aromatic N) is 1. The number of aromatic amines is 1. The number of benzene rings is 2. The molecule has 2 aromatic carbocycles. The van der Waals surface area contributed by atoms with Crippen LogP contribution in [0.5, 0.6) is 11.5 Å². The highest BCUT2D eigenvalue weighted by Crippen LogP contribution is 2.49. The van der Waals surface area contributed by atoms with Gasteiger partial charge in [0, 0.05) is 29.2 Å². The minimum atomic E-state index is -4.55. The molecular formula is C28H25ClF3N3O3. The molecule has 0 radical (unpaired) electrons. The predicted octanol–water partition coefficient (Wildman–Crippen LogP) is 6.73. The number of ether oxygens (including phenoxy) is 1. The third-order valence-electron chi connectivity index (χ3n) is 6.86. The van der Waals surface area contributed by atoms with Crippen molar-refractivity contribution in [2.45, 2.75) is 45.3 Å². The summed E-state index contributed by atoms with van der Waals surface area (Å²) in [5.41, 5.74) is 1.35. The van der Waals surface area contributed by atoms with Gasteiger partial charge in [0.1, 0.15) is 28.2 Å². The Kier molecular flexibility index (Phi) is 6.10. The standard InChI is InChI=1S/C28H25ClF3N3O3/c1-14-7-17(11-19(8-14)38-24-15(2)9-18(29)10-16(24)3)21-13-35(4)26(37)23-20(21)12-22(33-23)25(36)34-27(5-6-27)28(30,31)32/h7-13,33H,5-6H2,1-4H3,(H,34,36). The summed E-state index contributed by atoms with van der Waals surface area (Å²) in [4.78, 5) is 28.4. The van der Waals surface area contributed by atoms with Crippen LogP contribution >= 0.6 is 11.6 Å². The lowest BCUT2D eigenvalue weighted by Gasteiger charge is -2.20. The largest absolute Gasteiger partial charge is 0.457 e. The van der Waals surface area contributed by atoms with Gasteiger partial charge in [0.2, 0.25) is 0 Å². The molecule has 0 aliphatic heterocycles. The smallest absolute Gasteiger partial charge is 0.411 e. The lowest BCUT2D eigenvalue weighted by Crippen LogP contribution is -2.47. The van der Waals surface area contributed by atoms with Crippen molar-refractivity contribution in [1.82, 2.24) is 14.9 Å². The van der Waals surface area contributed by atoms with Crippen LogP contribution in [0.2, 0.25) is 5.02 Å². The second-order valence-electron chi connectivity index (χ2n) is 9.97. The fourth-order valence-electron chi connectivity index (χ4n) is 4.71. The third kappa shape index (κ3) is 4.55. The molecule has 1 fully saturated rings. The summed E-state index contributed by atoms with van der Waals surface area (Å²) in [5.74, 6) is 0.326. The van der Waals surface area contributed by atoms with E-state index in [9.17, 15) is 22.8 Å². The van der Waals surface area contributed by atoms with E-state index in [2.05, 4.69) is 10.3 Å². The molecule has 6 nitrogen and oxygen atoms in total. The van der Waals surface area contributed by atoms with Crippen LogP contribution in [-0.2, 0) is 7.05 Å². The van der Waals surface area contributed by atoms with Crippen molar-refractivity contribution >= 4 is 28.4 Å². The van der Waals surface area contributed by atoms with Gasteiger partial charge >= 0.3 is 6.18 Å². The highest BCUT2D eigenvalue weighted by Gasteiger charge is 2.64. The Morgan fingerprint density at radius 3 is 2.34 bits per heavy atom. The second kappa shape index (κ2) is 8.94. The topological polar surface area (TPSA) is 76.1 Å². The number of aryl methyl sites for hydroxylation is 4. The van der Waals surface area contributed by atoms with Crippen LogP contribution in [-0.4, -0.2) is 27.2 Å². The number of nitrogens with one attached hydrogen (secondary N) is 2. The molecular weight excluding hydrogens is 519 g/mol. The van der Waals surface area contributed by atoms with Gasteiger partial charge in [-0.05, 0) is 86.2 Å². The van der Waals surface area contributed by atoms with Crippen molar-refractivity contribution in [1.29, 1.82) is 0 Å². The van der Waals surface area contributed by atoms with Gasteiger partial charge in [-0.2, -0.15) is 13.2 Å². The molecule has 0 spiro atoms. The first-order valence-electron chi connectivity index (χ1n) is 12.0. The molecule has 1 amide bonds. The van der Waals surface area contributed by atoms with Gasteiger partial charge in [-0.25, -0.2) is 0 Å². The van der Waals surface area contributed by atoms with E-state index in [0.717, 1.165) is 16.7 Å². The lowest BCUT2D eigenvalue weighted by molar-refractivity contribution is -0.163. The zero-order valence-electron chi connectivity index (χ0n) is 21.1. The summed E-state index contributed by atoms with van der Waals surface area (Å²) in [6, 6.07) is 10.6. The van der Waals surface area contributed by atoms with Crippen molar-refractivity contribution in [3.05, 3.63) is 80.4 Å². The average Bonchev–Trinajstić information content (AvgIpc) is 3.47. The molecule has 2 aromatic heterocycles. The van der Waals surface area contributed by atoms with E-state index >= 15 is 0 Å². The van der Waals surface area contributed by atoms with E-state index in [4.69, 9.17) is 16.3 Å². The van der Waals surface area contributed by atoms with Crippen LogP contribution in [0.25, 0.3) is 22.0 Å². The van der Waals surface area contributed by atoms with Crippen molar-refractivity contribution in [3.63, 3.8) is 0 Å². The van der Waals surface area contributed by atoms with Crippen LogP contribution < -0.4 is 15.6 Å². The fraction of sp³-hybridized carbons (Fsp3) is 0.286. The highest BCUT2D eigenvalue weighted by atomic mass is 35.5. The molecule has 4 aromatic rings. The number of pyridine rings is 1. The summed E-state index contributed by atoms with van der Waals surface area (Å²) in [6.45, 7) is 5.70. The van der Waals surface area contributed by atoms with Crippen molar-refractivity contribution < 1.29 is 22.7 Å². The third-order valence-corrected chi connectivity index (χ3v) is 7.08. The van der Waals surface area contributed by atoms with Crippen LogP contribution in [0.4, 0.5) is 13.2 Å². The van der Waals surface area contributed by atoms with E-state index in [1.807, 2.05) is 51.1 Å².